The summed E-state index contributed by atoms with van der Waals surface area (Å²) in [6.45, 7) is 4.13. The van der Waals surface area contributed by atoms with E-state index in [-0.39, 0.29) is 6.04 Å². The molecule has 0 saturated carbocycles. The van der Waals surface area contributed by atoms with Crippen LogP contribution >= 0.6 is 0 Å². The van der Waals surface area contributed by atoms with Crippen molar-refractivity contribution in [3.8, 4) is 5.82 Å². The predicted octanol–water partition coefficient (Wildman–Crippen LogP) is 2.11. The fourth-order valence-electron chi connectivity index (χ4n) is 2.33. The number of hydrogen-bond acceptors (Lipinski definition) is 3. The van der Waals surface area contributed by atoms with Crippen molar-refractivity contribution in [2.75, 3.05) is 0 Å². The molecule has 20 heavy (non-hydrogen) atoms. The highest BCUT2D eigenvalue weighted by Crippen LogP contribution is 2.18. The number of rotatable bonds is 4. The van der Waals surface area contributed by atoms with E-state index in [0.717, 1.165) is 35.6 Å². The van der Waals surface area contributed by atoms with Crippen LogP contribution in [0, 0.1) is 6.92 Å². The lowest BCUT2D eigenvalue weighted by molar-refractivity contribution is 0.629. The summed E-state index contributed by atoms with van der Waals surface area (Å²) in [4.78, 5) is 4.69. The smallest absolute Gasteiger partial charge is 0.175 e. The van der Waals surface area contributed by atoms with Crippen molar-refractivity contribution < 1.29 is 0 Å². The third-order valence-corrected chi connectivity index (χ3v) is 3.52. The van der Waals surface area contributed by atoms with Gasteiger partial charge < -0.3 is 10.1 Å². The SMILES string of the molecule is CCC(N)Cc1c(-n2cc(C)cn2)nc2ccccn12. The Morgan fingerprint density at radius 1 is 1.35 bits per heavy atom. The number of imidazole rings is 1. The van der Waals surface area contributed by atoms with E-state index in [9.17, 15) is 0 Å². The molecule has 0 aliphatic carbocycles. The van der Waals surface area contributed by atoms with E-state index in [1.807, 2.05) is 48.4 Å². The van der Waals surface area contributed by atoms with Gasteiger partial charge in [-0.2, -0.15) is 5.10 Å². The van der Waals surface area contributed by atoms with Gasteiger partial charge in [0.15, 0.2) is 5.82 Å². The van der Waals surface area contributed by atoms with Gasteiger partial charge in [0.05, 0.1) is 11.9 Å². The molecule has 0 aliphatic rings. The third kappa shape index (κ3) is 2.20. The zero-order valence-electron chi connectivity index (χ0n) is 11.8. The Labute approximate surface area is 118 Å². The molecule has 0 radical (unpaired) electrons. The van der Waals surface area contributed by atoms with E-state index in [0.29, 0.717) is 0 Å². The molecule has 3 aromatic rings. The monoisotopic (exact) mass is 269 g/mol. The molecule has 0 aliphatic heterocycles. The molecule has 1 atom stereocenters. The second kappa shape index (κ2) is 5.09. The largest absolute Gasteiger partial charge is 0.327 e. The van der Waals surface area contributed by atoms with Crippen LogP contribution in [0.4, 0.5) is 0 Å². The van der Waals surface area contributed by atoms with E-state index in [1.165, 1.54) is 0 Å². The lowest BCUT2D eigenvalue weighted by Gasteiger charge is -2.10. The lowest BCUT2D eigenvalue weighted by atomic mass is 10.1. The lowest BCUT2D eigenvalue weighted by Crippen LogP contribution is -2.23. The summed E-state index contributed by atoms with van der Waals surface area (Å²) in [5, 5.41) is 4.38. The van der Waals surface area contributed by atoms with Gasteiger partial charge >= 0.3 is 0 Å². The first-order chi connectivity index (χ1) is 9.69. The summed E-state index contributed by atoms with van der Waals surface area (Å²) in [6.07, 6.45) is 7.59. The summed E-state index contributed by atoms with van der Waals surface area (Å²) < 4.78 is 3.93. The van der Waals surface area contributed by atoms with E-state index in [2.05, 4.69) is 16.4 Å². The first-order valence-corrected chi connectivity index (χ1v) is 6.92. The number of fused-ring (bicyclic) bond motifs is 1. The van der Waals surface area contributed by atoms with Crippen LogP contribution in [0.2, 0.25) is 0 Å². The van der Waals surface area contributed by atoms with Gasteiger partial charge in [0.1, 0.15) is 5.65 Å². The summed E-state index contributed by atoms with van der Waals surface area (Å²) in [6, 6.07) is 6.13. The van der Waals surface area contributed by atoms with Crippen LogP contribution in [0.5, 0.6) is 0 Å². The highest BCUT2D eigenvalue weighted by Gasteiger charge is 2.16. The molecule has 0 saturated heterocycles. The van der Waals surface area contributed by atoms with Crippen LogP contribution in [0.3, 0.4) is 0 Å². The van der Waals surface area contributed by atoms with Crippen molar-refractivity contribution in [2.45, 2.75) is 32.7 Å². The molecule has 104 valence electrons. The maximum Gasteiger partial charge on any atom is 0.175 e. The number of hydrogen-bond donors (Lipinski definition) is 1. The Balaban J connectivity index is 2.17. The Morgan fingerprint density at radius 2 is 2.20 bits per heavy atom. The second-order valence-electron chi connectivity index (χ2n) is 5.15. The van der Waals surface area contributed by atoms with Gasteiger partial charge in [-0.25, -0.2) is 9.67 Å². The number of pyridine rings is 1. The minimum atomic E-state index is 0.130. The van der Waals surface area contributed by atoms with Gasteiger partial charge in [-0.15, -0.1) is 0 Å². The molecule has 3 rings (SSSR count). The van der Waals surface area contributed by atoms with E-state index in [1.54, 1.807) is 0 Å². The molecular formula is C15H19N5. The predicted molar refractivity (Wildman–Crippen MR) is 79.0 cm³/mol. The first-order valence-electron chi connectivity index (χ1n) is 6.92. The molecule has 2 N–H and O–H groups in total. The Morgan fingerprint density at radius 3 is 2.90 bits per heavy atom. The van der Waals surface area contributed by atoms with Gasteiger partial charge in [-0.3, -0.25) is 0 Å². The molecule has 1 unspecified atom stereocenters. The average Bonchev–Trinajstić information content (AvgIpc) is 3.03. The maximum atomic E-state index is 6.14. The summed E-state index contributed by atoms with van der Waals surface area (Å²) >= 11 is 0. The zero-order chi connectivity index (χ0) is 14.1. The molecule has 5 heteroatoms. The molecule has 0 fully saturated rings. The average molecular weight is 269 g/mol. The van der Waals surface area contributed by atoms with Crippen LogP contribution < -0.4 is 5.73 Å². The maximum absolute atomic E-state index is 6.14. The molecule has 3 aromatic heterocycles. The van der Waals surface area contributed by atoms with E-state index >= 15 is 0 Å². The summed E-state index contributed by atoms with van der Waals surface area (Å²) in [7, 11) is 0. The highest BCUT2D eigenvalue weighted by molar-refractivity contribution is 5.48. The third-order valence-electron chi connectivity index (χ3n) is 3.52. The first kappa shape index (κ1) is 12.9. The van der Waals surface area contributed by atoms with Crippen LogP contribution in [0.25, 0.3) is 11.5 Å². The van der Waals surface area contributed by atoms with E-state index in [4.69, 9.17) is 10.7 Å². The summed E-state index contributed by atoms with van der Waals surface area (Å²) in [5.41, 5.74) is 9.29. The molecule has 0 aromatic carbocycles. The zero-order valence-corrected chi connectivity index (χ0v) is 11.8. The van der Waals surface area contributed by atoms with Crippen molar-refractivity contribution in [3.63, 3.8) is 0 Å². The topological polar surface area (TPSA) is 61.1 Å². The number of nitrogens with zero attached hydrogens (tertiary/aromatic N) is 4. The molecule has 3 heterocycles. The van der Waals surface area contributed by atoms with Crippen molar-refractivity contribution >= 4 is 5.65 Å². The Kier molecular flexibility index (Phi) is 3.28. The quantitative estimate of drug-likeness (QED) is 0.789. The van der Waals surface area contributed by atoms with Crippen LogP contribution in [-0.2, 0) is 6.42 Å². The highest BCUT2D eigenvalue weighted by atomic mass is 15.3. The second-order valence-corrected chi connectivity index (χ2v) is 5.15. The van der Waals surface area contributed by atoms with Crippen LogP contribution in [0.15, 0.2) is 36.8 Å². The molecule has 5 nitrogen and oxygen atoms in total. The fraction of sp³-hybridized carbons (Fsp3) is 0.333. The van der Waals surface area contributed by atoms with E-state index < -0.39 is 0 Å². The molecule has 0 bridgehead atoms. The van der Waals surface area contributed by atoms with Crippen molar-refractivity contribution in [2.24, 2.45) is 5.73 Å². The van der Waals surface area contributed by atoms with Gasteiger partial charge in [0.25, 0.3) is 0 Å². The van der Waals surface area contributed by atoms with Gasteiger partial charge in [0.2, 0.25) is 0 Å². The van der Waals surface area contributed by atoms with Gasteiger partial charge in [-0.05, 0) is 31.0 Å². The van der Waals surface area contributed by atoms with Crippen molar-refractivity contribution in [1.82, 2.24) is 19.2 Å². The van der Waals surface area contributed by atoms with Gasteiger partial charge in [0, 0.05) is 24.9 Å². The Hall–Kier alpha value is -2.14. The van der Waals surface area contributed by atoms with Crippen molar-refractivity contribution in [3.05, 3.63) is 48.0 Å². The number of aromatic nitrogens is 4. The van der Waals surface area contributed by atoms with Gasteiger partial charge in [-0.1, -0.05) is 13.0 Å². The fourth-order valence-corrected chi connectivity index (χ4v) is 2.33. The summed E-state index contributed by atoms with van der Waals surface area (Å²) in [5.74, 6) is 0.869. The van der Waals surface area contributed by atoms with Crippen LogP contribution in [0.1, 0.15) is 24.6 Å². The molecule has 0 spiro atoms. The normalized spacial score (nSPS) is 12.9. The number of nitrogens with two attached hydrogens (primary N) is 1. The van der Waals surface area contributed by atoms with Crippen molar-refractivity contribution in [1.29, 1.82) is 0 Å². The minimum Gasteiger partial charge on any atom is -0.327 e. The minimum absolute atomic E-state index is 0.130. The molecular weight excluding hydrogens is 250 g/mol. The van der Waals surface area contributed by atoms with Crippen LogP contribution in [-0.4, -0.2) is 25.2 Å². The molecule has 0 amide bonds. The Bertz CT molecular complexity index is 725. The number of aryl methyl sites for hydroxylation is 1. The standard InChI is InChI=1S/C15H19N5/c1-3-12(16)8-13-15(20-10-11(2)9-17-20)18-14-6-4-5-7-19(13)14/h4-7,9-10,12H,3,8,16H2,1-2H3.